The number of carboxylic acids is 1. The van der Waals surface area contributed by atoms with Gasteiger partial charge in [0.05, 0.1) is 5.41 Å². The predicted molar refractivity (Wildman–Crippen MR) is 77.9 cm³/mol. The molecule has 7 heteroatoms. The van der Waals surface area contributed by atoms with Gasteiger partial charge < -0.3 is 20.2 Å². The van der Waals surface area contributed by atoms with E-state index in [2.05, 4.69) is 5.32 Å². The van der Waals surface area contributed by atoms with Gasteiger partial charge in [-0.25, -0.2) is 4.79 Å². The smallest absolute Gasteiger partial charge is 0.320 e. The van der Waals surface area contributed by atoms with E-state index in [1.165, 1.54) is 11.9 Å². The number of likely N-dealkylation sites (N-methyl/N-ethyl adjacent to an activating group) is 1. The van der Waals surface area contributed by atoms with Crippen LogP contribution < -0.4 is 5.32 Å². The molecule has 1 atom stereocenters. The molecule has 0 radical (unpaired) electrons. The van der Waals surface area contributed by atoms with Crippen molar-refractivity contribution in [2.75, 3.05) is 33.2 Å². The van der Waals surface area contributed by atoms with E-state index in [1.54, 1.807) is 11.8 Å². The summed E-state index contributed by atoms with van der Waals surface area (Å²) in [5.74, 6) is -1.11. The molecule has 7 nitrogen and oxygen atoms in total. The van der Waals surface area contributed by atoms with Gasteiger partial charge in [-0.2, -0.15) is 0 Å². The van der Waals surface area contributed by atoms with Crippen LogP contribution in [0, 0.1) is 5.41 Å². The maximum atomic E-state index is 12.5. The molecule has 21 heavy (non-hydrogen) atoms. The monoisotopic (exact) mass is 299 g/mol. The van der Waals surface area contributed by atoms with Crippen molar-refractivity contribution >= 4 is 17.9 Å². The number of likely N-dealkylation sites (tertiary alicyclic amines) is 1. The highest BCUT2D eigenvalue weighted by molar-refractivity contribution is 5.84. The van der Waals surface area contributed by atoms with E-state index in [-0.39, 0.29) is 25.0 Å². The maximum absolute atomic E-state index is 12.5. The second-order valence-corrected chi connectivity index (χ2v) is 5.77. The Balaban J connectivity index is 2.78. The SMILES string of the molecule is CCCN(CC(=O)NC)C(=O)N1CCCC(C)(C(=O)O)C1. The van der Waals surface area contributed by atoms with Crippen LogP contribution in [0.3, 0.4) is 0 Å². The number of hydrogen-bond acceptors (Lipinski definition) is 3. The topological polar surface area (TPSA) is 90.0 Å². The molecule has 1 rings (SSSR count). The first-order valence-electron chi connectivity index (χ1n) is 7.32. The molecule has 1 saturated heterocycles. The lowest BCUT2D eigenvalue weighted by atomic mass is 9.82. The zero-order valence-electron chi connectivity index (χ0n) is 13.0. The van der Waals surface area contributed by atoms with Crippen molar-refractivity contribution in [3.05, 3.63) is 0 Å². The normalized spacial score (nSPS) is 21.8. The van der Waals surface area contributed by atoms with Crippen LogP contribution in [0.4, 0.5) is 4.79 Å². The Morgan fingerprint density at radius 2 is 2.05 bits per heavy atom. The number of carbonyl (C=O) groups excluding carboxylic acids is 2. The lowest BCUT2D eigenvalue weighted by Crippen LogP contribution is -2.54. The van der Waals surface area contributed by atoms with Crippen molar-refractivity contribution in [1.29, 1.82) is 0 Å². The van der Waals surface area contributed by atoms with Gasteiger partial charge in [0.15, 0.2) is 0 Å². The fraction of sp³-hybridized carbons (Fsp3) is 0.786. The molecule has 0 aliphatic carbocycles. The average Bonchev–Trinajstić information content (AvgIpc) is 2.45. The maximum Gasteiger partial charge on any atom is 0.320 e. The number of urea groups is 1. The van der Waals surface area contributed by atoms with E-state index in [1.807, 2.05) is 6.92 Å². The fourth-order valence-electron chi connectivity index (χ4n) is 2.54. The number of rotatable bonds is 5. The Morgan fingerprint density at radius 1 is 1.38 bits per heavy atom. The van der Waals surface area contributed by atoms with Gasteiger partial charge in [0.2, 0.25) is 5.91 Å². The van der Waals surface area contributed by atoms with E-state index >= 15 is 0 Å². The zero-order valence-corrected chi connectivity index (χ0v) is 13.0. The van der Waals surface area contributed by atoms with Crippen molar-refractivity contribution in [3.8, 4) is 0 Å². The van der Waals surface area contributed by atoms with Crippen molar-refractivity contribution in [1.82, 2.24) is 15.1 Å². The highest BCUT2D eigenvalue weighted by Crippen LogP contribution is 2.30. The Labute approximate surface area is 125 Å². The molecule has 0 spiro atoms. The summed E-state index contributed by atoms with van der Waals surface area (Å²) in [7, 11) is 1.53. The molecule has 1 fully saturated rings. The summed E-state index contributed by atoms with van der Waals surface area (Å²) in [6.07, 6.45) is 1.97. The van der Waals surface area contributed by atoms with Gasteiger partial charge >= 0.3 is 12.0 Å². The van der Waals surface area contributed by atoms with Crippen molar-refractivity contribution in [2.45, 2.75) is 33.1 Å². The second-order valence-electron chi connectivity index (χ2n) is 5.77. The van der Waals surface area contributed by atoms with E-state index in [0.29, 0.717) is 25.9 Å². The first kappa shape index (κ1) is 17.3. The number of hydrogen-bond donors (Lipinski definition) is 2. The molecule has 1 aliphatic heterocycles. The zero-order chi connectivity index (χ0) is 16.0. The van der Waals surface area contributed by atoms with Crippen LogP contribution in [-0.4, -0.2) is 66.0 Å². The highest BCUT2D eigenvalue weighted by Gasteiger charge is 2.40. The number of nitrogens with zero attached hydrogens (tertiary/aromatic N) is 2. The largest absolute Gasteiger partial charge is 0.481 e. The summed E-state index contributed by atoms with van der Waals surface area (Å²) in [6, 6.07) is -0.257. The molecule has 0 aromatic rings. The Bertz CT molecular complexity index is 413. The minimum atomic E-state index is -0.904. The summed E-state index contributed by atoms with van der Waals surface area (Å²) >= 11 is 0. The minimum absolute atomic E-state index is 0.00343. The van der Waals surface area contributed by atoms with Gasteiger partial charge in [0, 0.05) is 26.7 Å². The van der Waals surface area contributed by atoms with Gasteiger partial charge in [0.1, 0.15) is 6.54 Å². The Hall–Kier alpha value is -1.79. The summed E-state index contributed by atoms with van der Waals surface area (Å²) < 4.78 is 0. The van der Waals surface area contributed by atoms with Gasteiger partial charge in [-0.1, -0.05) is 6.92 Å². The lowest BCUT2D eigenvalue weighted by molar-refractivity contribution is -0.150. The van der Waals surface area contributed by atoms with E-state index < -0.39 is 11.4 Å². The molecule has 1 unspecified atom stereocenters. The van der Waals surface area contributed by atoms with Gasteiger partial charge in [-0.05, 0) is 26.2 Å². The molecule has 1 heterocycles. The van der Waals surface area contributed by atoms with Gasteiger partial charge in [-0.3, -0.25) is 9.59 Å². The van der Waals surface area contributed by atoms with E-state index in [9.17, 15) is 19.5 Å². The van der Waals surface area contributed by atoms with Crippen LogP contribution in [0.25, 0.3) is 0 Å². The molecule has 1 aliphatic rings. The van der Waals surface area contributed by atoms with Gasteiger partial charge in [0.25, 0.3) is 0 Å². The van der Waals surface area contributed by atoms with Gasteiger partial charge in [-0.15, -0.1) is 0 Å². The van der Waals surface area contributed by atoms with E-state index in [4.69, 9.17) is 0 Å². The van der Waals surface area contributed by atoms with Crippen LogP contribution in [0.2, 0.25) is 0 Å². The third-order valence-corrected chi connectivity index (χ3v) is 3.86. The van der Waals surface area contributed by atoms with Crippen LogP contribution >= 0.6 is 0 Å². The second kappa shape index (κ2) is 7.28. The van der Waals surface area contributed by atoms with Crippen LogP contribution in [-0.2, 0) is 9.59 Å². The first-order chi connectivity index (χ1) is 9.84. The number of carboxylic acid groups (broad SMARTS) is 1. The number of amides is 3. The van der Waals surface area contributed by atoms with Crippen LogP contribution in [0.15, 0.2) is 0 Å². The molecule has 0 saturated carbocycles. The Kier molecular flexibility index (Phi) is 5.99. The summed E-state index contributed by atoms with van der Waals surface area (Å²) in [5, 5.41) is 11.8. The fourth-order valence-corrected chi connectivity index (χ4v) is 2.54. The van der Waals surface area contributed by atoms with Crippen molar-refractivity contribution in [2.24, 2.45) is 5.41 Å². The summed E-state index contributed by atoms with van der Waals surface area (Å²) in [5.41, 5.74) is -0.904. The quantitative estimate of drug-likeness (QED) is 0.784. The predicted octanol–water partition coefficient (Wildman–Crippen LogP) is 0.751. The lowest BCUT2D eigenvalue weighted by Gasteiger charge is -2.39. The third kappa shape index (κ3) is 4.34. The first-order valence-corrected chi connectivity index (χ1v) is 7.32. The standard InChI is InChI=1S/C14H25N3O4/c1-4-7-16(9-11(18)15-3)13(21)17-8-5-6-14(2,10-17)12(19)20/h4-10H2,1-3H3,(H,15,18)(H,19,20). The third-order valence-electron chi connectivity index (χ3n) is 3.86. The summed E-state index contributed by atoms with van der Waals surface area (Å²) in [4.78, 5) is 38.4. The van der Waals surface area contributed by atoms with Crippen LogP contribution in [0.1, 0.15) is 33.1 Å². The molecule has 0 aromatic heterocycles. The molecular weight excluding hydrogens is 274 g/mol. The number of aliphatic carboxylic acids is 1. The van der Waals surface area contributed by atoms with E-state index in [0.717, 1.165) is 6.42 Å². The molecule has 0 bridgehead atoms. The summed E-state index contributed by atoms with van der Waals surface area (Å²) in [6.45, 7) is 4.81. The number of piperidine rings is 1. The number of nitrogens with one attached hydrogen (secondary N) is 1. The van der Waals surface area contributed by atoms with Crippen LogP contribution in [0.5, 0.6) is 0 Å². The molecule has 0 aromatic carbocycles. The highest BCUT2D eigenvalue weighted by atomic mass is 16.4. The molecule has 2 N–H and O–H groups in total. The average molecular weight is 299 g/mol. The molecule has 120 valence electrons. The molecular formula is C14H25N3O4. The van der Waals surface area contributed by atoms with Crippen molar-refractivity contribution in [3.63, 3.8) is 0 Å². The minimum Gasteiger partial charge on any atom is -0.481 e. The number of carbonyl (C=O) groups is 3. The Morgan fingerprint density at radius 3 is 2.57 bits per heavy atom. The van der Waals surface area contributed by atoms with Crippen molar-refractivity contribution < 1.29 is 19.5 Å². The molecule has 3 amide bonds.